The lowest BCUT2D eigenvalue weighted by Gasteiger charge is -2.06. The number of carboxylic acids is 1. The van der Waals surface area contributed by atoms with Crippen LogP contribution in [0.3, 0.4) is 0 Å². The van der Waals surface area contributed by atoms with Crippen molar-refractivity contribution in [2.24, 2.45) is 0 Å². The minimum atomic E-state index is -1.12. The van der Waals surface area contributed by atoms with Crippen molar-refractivity contribution in [3.63, 3.8) is 0 Å². The number of carbonyl (C=O) groups is 1. The van der Waals surface area contributed by atoms with E-state index >= 15 is 0 Å². The molecule has 2 aromatic heterocycles. The number of benzene rings is 2. The van der Waals surface area contributed by atoms with Crippen LogP contribution in [0.4, 0.5) is 0 Å². The summed E-state index contributed by atoms with van der Waals surface area (Å²) in [4.78, 5) is 29.8. The summed E-state index contributed by atoms with van der Waals surface area (Å²) in [7, 11) is 0. The van der Waals surface area contributed by atoms with Gasteiger partial charge in [-0.2, -0.15) is 0 Å². The van der Waals surface area contributed by atoms with Crippen LogP contribution in [0.2, 0.25) is 5.02 Å². The molecule has 4 rings (SSSR count). The maximum absolute atomic E-state index is 13.1. The third-order valence-corrected chi connectivity index (χ3v) is 6.17. The molecule has 5 nitrogen and oxygen atoms in total. The van der Waals surface area contributed by atoms with Crippen LogP contribution in [0, 0.1) is 13.8 Å². The van der Waals surface area contributed by atoms with E-state index in [-0.39, 0.29) is 20.6 Å². The molecular formula is C23H17ClN2O3S. The molecule has 150 valence electrons. The van der Waals surface area contributed by atoms with Crippen LogP contribution >= 0.6 is 22.9 Å². The third-order valence-electron chi connectivity index (χ3n) is 4.78. The van der Waals surface area contributed by atoms with E-state index in [9.17, 15) is 14.7 Å². The van der Waals surface area contributed by atoms with Crippen LogP contribution in [-0.2, 0) is 0 Å². The van der Waals surface area contributed by atoms with Gasteiger partial charge in [-0.25, -0.2) is 14.2 Å². The Labute approximate surface area is 181 Å². The predicted octanol–water partition coefficient (Wildman–Crippen LogP) is 5.56. The summed E-state index contributed by atoms with van der Waals surface area (Å²) in [5.74, 6) is -1.12. The largest absolute Gasteiger partial charge is 0.477 e. The quantitative estimate of drug-likeness (QED) is 0.454. The first-order valence-corrected chi connectivity index (χ1v) is 10.4. The minimum absolute atomic E-state index is 0.0413. The van der Waals surface area contributed by atoms with Gasteiger partial charge in [0.1, 0.15) is 9.90 Å². The Morgan fingerprint density at radius 2 is 1.80 bits per heavy atom. The van der Waals surface area contributed by atoms with E-state index in [1.807, 2.05) is 56.3 Å². The lowest BCUT2D eigenvalue weighted by Crippen LogP contribution is -2.17. The van der Waals surface area contributed by atoms with Gasteiger partial charge in [0, 0.05) is 5.56 Å². The molecule has 30 heavy (non-hydrogen) atoms. The number of fused-ring (bicyclic) bond motifs is 1. The molecule has 0 atom stereocenters. The van der Waals surface area contributed by atoms with Gasteiger partial charge >= 0.3 is 5.97 Å². The van der Waals surface area contributed by atoms with Crippen molar-refractivity contribution in [1.29, 1.82) is 0 Å². The van der Waals surface area contributed by atoms with Gasteiger partial charge < -0.3 is 5.11 Å². The van der Waals surface area contributed by atoms with Crippen LogP contribution in [0.5, 0.6) is 0 Å². The van der Waals surface area contributed by atoms with E-state index < -0.39 is 11.5 Å². The number of halogens is 1. The molecule has 0 spiro atoms. The summed E-state index contributed by atoms with van der Waals surface area (Å²) in [5, 5.41) is 9.66. The number of hydrogen-bond donors (Lipinski definition) is 1. The van der Waals surface area contributed by atoms with Gasteiger partial charge in [0.15, 0.2) is 4.96 Å². The van der Waals surface area contributed by atoms with E-state index in [1.54, 1.807) is 18.2 Å². The van der Waals surface area contributed by atoms with Crippen LogP contribution < -0.4 is 5.56 Å². The molecule has 0 saturated heterocycles. The zero-order valence-electron chi connectivity index (χ0n) is 16.2. The lowest BCUT2D eigenvalue weighted by atomic mass is 10.1. The number of rotatable bonds is 4. The smallest absolute Gasteiger partial charge is 0.348 e. The summed E-state index contributed by atoms with van der Waals surface area (Å²) >= 11 is 7.31. The summed E-state index contributed by atoms with van der Waals surface area (Å²) in [6.07, 6.45) is 3.52. The van der Waals surface area contributed by atoms with Crippen molar-refractivity contribution in [1.82, 2.24) is 9.38 Å². The Morgan fingerprint density at radius 3 is 2.47 bits per heavy atom. The molecule has 4 aromatic rings. The molecule has 0 aliphatic carbocycles. The molecule has 0 bridgehead atoms. The molecule has 0 unspecified atom stereocenters. The van der Waals surface area contributed by atoms with Gasteiger partial charge in [-0.1, -0.05) is 83.1 Å². The zero-order chi connectivity index (χ0) is 21.4. The normalized spacial score (nSPS) is 11.4. The van der Waals surface area contributed by atoms with Gasteiger partial charge in [0.25, 0.3) is 5.56 Å². The molecule has 0 radical (unpaired) electrons. The summed E-state index contributed by atoms with van der Waals surface area (Å²) in [6.45, 7) is 3.92. The first kappa shape index (κ1) is 20.1. The fraction of sp³-hybridized carbons (Fsp3) is 0.0870. The molecule has 0 aliphatic heterocycles. The maximum Gasteiger partial charge on any atom is 0.348 e. The highest BCUT2D eigenvalue weighted by Crippen LogP contribution is 2.31. The van der Waals surface area contributed by atoms with Crippen molar-refractivity contribution in [3.8, 4) is 11.3 Å². The summed E-state index contributed by atoms with van der Waals surface area (Å²) in [6, 6.07) is 15.1. The second kappa shape index (κ2) is 7.89. The Kier molecular flexibility index (Phi) is 5.28. The minimum Gasteiger partial charge on any atom is -0.477 e. The van der Waals surface area contributed by atoms with Gasteiger partial charge in [0.05, 0.1) is 11.4 Å². The highest BCUT2D eigenvalue weighted by atomic mass is 35.5. The second-order valence-electron chi connectivity index (χ2n) is 6.88. The van der Waals surface area contributed by atoms with Crippen molar-refractivity contribution in [3.05, 3.63) is 91.2 Å². The summed E-state index contributed by atoms with van der Waals surface area (Å²) in [5.41, 5.74) is 3.80. The molecule has 0 saturated carbocycles. The standard InChI is InChI=1S/C23H17ClN2O3S/c1-13-7-9-16(10-8-13)19-20(22(28)29)30-23-25-17(18(24)21(27)26(19)23)12-11-15-6-4-3-5-14(15)2/h3-12H,1-2H3,(H,28,29). The van der Waals surface area contributed by atoms with Crippen LogP contribution in [0.25, 0.3) is 28.4 Å². The lowest BCUT2D eigenvalue weighted by molar-refractivity contribution is 0.0702. The van der Waals surface area contributed by atoms with E-state index in [2.05, 4.69) is 4.98 Å². The molecule has 2 aromatic carbocycles. The fourth-order valence-electron chi connectivity index (χ4n) is 3.17. The molecule has 2 heterocycles. The number of hydrogen-bond acceptors (Lipinski definition) is 4. The van der Waals surface area contributed by atoms with Gasteiger partial charge in [-0.05, 0) is 31.1 Å². The Balaban J connectivity index is 1.93. The monoisotopic (exact) mass is 436 g/mol. The fourth-order valence-corrected chi connectivity index (χ4v) is 4.35. The summed E-state index contributed by atoms with van der Waals surface area (Å²) < 4.78 is 1.28. The van der Waals surface area contributed by atoms with Crippen LogP contribution in [0.15, 0.2) is 53.3 Å². The number of carboxylic acid groups (broad SMARTS) is 1. The zero-order valence-corrected chi connectivity index (χ0v) is 17.8. The number of aryl methyl sites for hydroxylation is 2. The highest BCUT2D eigenvalue weighted by Gasteiger charge is 2.23. The van der Waals surface area contributed by atoms with Crippen molar-refractivity contribution >= 4 is 46.0 Å². The topological polar surface area (TPSA) is 71.7 Å². The predicted molar refractivity (Wildman–Crippen MR) is 122 cm³/mol. The van der Waals surface area contributed by atoms with Crippen molar-refractivity contribution < 1.29 is 9.90 Å². The first-order valence-electron chi connectivity index (χ1n) is 9.16. The van der Waals surface area contributed by atoms with E-state index in [4.69, 9.17) is 11.6 Å². The number of thiazole rings is 1. The number of aromatic nitrogens is 2. The molecule has 7 heteroatoms. The number of nitrogens with zero attached hydrogens (tertiary/aromatic N) is 2. The molecular weight excluding hydrogens is 420 g/mol. The van der Waals surface area contributed by atoms with E-state index in [0.717, 1.165) is 28.0 Å². The van der Waals surface area contributed by atoms with Crippen LogP contribution in [0.1, 0.15) is 32.1 Å². The van der Waals surface area contributed by atoms with Crippen molar-refractivity contribution in [2.45, 2.75) is 13.8 Å². The maximum atomic E-state index is 13.1. The average molecular weight is 437 g/mol. The molecule has 0 fully saturated rings. The molecule has 1 N–H and O–H groups in total. The number of aromatic carboxylic acids is 1. The Hall–Kier alpha value is -3.22. The van der Waals surface area contributed by atoms with E-state index in [1.165, 1.54) is 4.40 Å². The van der Waals surface area contributed by atoms with Crippen molar-refractivity contribution in [2.75, 3.05) is 0 Å². The van der Waals surface area contributed by atoms with Gasteiger partial charge in [-0.15, -0.1) is 0 Å². The van der Waals surface area contributed by atoms with Gasteiger partial charge in [0.2, 0.25) is 0 Å². The average Bonchev–Trinajstić information content (AvgIpc) is 3.11. The van der Waals surface area contributed by atoms with Crippen LogP contribution in [-0.4, -0.2) is 20.5 Å². The Bertz CT molecular complexity index is 1370. The highest BCUT2D eigenvalue weighted by molar-refractivity contribution is 7.19. The third kappa shape index (κ3) is 3.56. The molecule has 0 aliphatic rings. The second-order valence-corrected chi connectivity index (χ2v) is 8.23. The Morgan fingerprint density at radius 1 is 1.10 bits per heavy atom. The van der Waals surface area contributed by atoms with Gasteiger partial charge in [-0.3, -0.25) is 4.79 Å². The SMILES string of the molecule is Cc1ccc(-c2c(C(=O)O)sc3nc(C=Cc4ccccc4C)c(Cl)c(=O)n23)cc1. The first-order chi connectivity index (χ1) is 14.4. The van der Waals surface area contributed by atoms with E-state index in [0.29, 0.717) is 11.3 Å². The molecule has 0 amide bonds.